The molecule has 0 amide bonds. The molecule has 0 spiro atoms. The van der Waals surface area contributed by atoms with Crippen molar-refractivity contribution in [3.05, 3.63) is 152 Å². The van der Waals surface area contributed by atoms with Gasteiger partial charge in [0.05, 0.1) is 26.9 Å². The van der Waals surface area contributed by atoms with E-state index in [1.54, 1.807) is 11.3 Å². The van der Waals surface area contributed by atoms with E-state index >= 15 is 0 Å². The van der Waals surface area contributed by atoms with Crippen LogP contribution in [0.15, 0.2) is 152 Å². The molecule has 0 unspecified atom stereocenters. The van der Waals surface area contributed by atoms with E-state index in [9.17, 15) is 0 Å². The molecular formula is C40H25N5S. The van der Waals surface area contributed by atoms with E-state index < -0.39 is 0 Å². The van der Waals surface area contributed by atoms with Crippen molar-refractivity contribution in [3.8, 4) is 50.4 Å². The van der Waals surface area contributed by atoms with Crippen molar-refractivity contribution in [2.75, 3.05) is 0 Å². The number of nitrogens with zero attached hydrogens (tertiary/aromatic N) is 5. The van der Waals surface area contributed by atoms with Crippen LogP contribution in [-0.2, 0) is 0 Å². The van der Waals surface area contributed by atoms with E-state index in [1.165, 1.54) is 15.5 Å². The van der Waals surface area contributed by atoms with Gasteiger partial charge in [0, 0.05) is 33.0 Å². The van der Waals surface area contributed by atoms with Crippen LogP contribution in [-0.4, -0.2) is 24.5 Å². The summed E-state index contributed by atoms with van der Waals surface area (Å²) in [4.78, 5) is 20.0. The third kappa shape index (κ3) is 4.47. The van der Waals surface area contributed by atoms with Crippen LogP contribution in [0.5, 0.6) is 0 Å². The zero-order valence-electron chi connectivity index (χ0n) is 24.6. The number of hydrogen-bond donors (Lipinski definition) is 0. The van der Waals surface area contributed by atoms with Crippen LogP contribution in [0, 0.1) is 0 Å². The summed E-state index contributed by atoms with van der Waals surface area (Å²) in [5, 5.41) is 3.38. The maximum absolute atomic E-state index is 5.08. The molecule has 0 fully saturated rings. The zero-order valence-corrected chi connectivity index (χ0v) is 25.4. The molecule has 0 N–H and O–H groups in total. The molecule has 0 atom stereocenters. The third-order valence-electron chi connectivity index (χ3n) is 8.30. The molecule has 3 aromatic heterocycles. The Morgan fingerprint density at radius 1 is 0.435 bits per heavy atom. The second-order valence-electron chi connectivity index (χ2n) is 11.1. The molecule has 0 aliphatic heterocycles. The van der Waals surface area contributed by atoms with Gasteiger partial charge in [0.25, 0.3) is 0 Å². The highest BCUT2D eigenvalue weighted by molar-refractivity contribution is 7.21. The standard InChI is InChI=1S/C40H25N5S/c1-3-13-26(14-4-1)37-42-38(27-15-5-2-6-16-27)44-39(43-37)31-18-8-11-21-34(31)45-33-20-10-7-17-29(33)30-24-23-28(25-35(30)45)40-41-32-19-9-12-22-36(32)46-40/h1-25H. The van der Waals surface area contributed by atoms with Crippen molar-refractivity contribution >= 4 is 43.4 Å². The minimum Gasteiger partial charge on any atom is -0.308 e. The first-order valence-electron chi connectivity index (χ1n) is 15.2. The first-order valence-corrected chi connectivity index (χ1v) is 16.0. The van der Waals surface area contributed by atoms with Gasteiger partial charge in [-0.15, -0.1) is 11.3 Å². The van der Waals surface area contributed by atoms with E-state index in [-0.39, 0.29) is 0 Å². The van der Waals surface area contributed by atoms with Gasteiger partial charge in [-0.05, 0) is 36.4 Å². The van der Waals surface area contributed by atoms with Gasteiger partial charge < -0.3 is 4.57 Å². The molecular weight excluding hydrogens is 583 g/mol. The predicted octanol–water partition coefficient (Wildman–Crippen LogP) is 10.2. The maximum Gasteiger partial charge on any atom is 0.166 e. The molecule has 0 aliphatic carbocycles. The van der Waals surface area contributed by atoms with Crippen LogP contribution >= 0.6 is 11.3 Å². The number of hydrogen-bond acceptors (Lipinski definition) is 5. The van der Waals surface area contributed by atoms with Gasteiger partial charge in [-0.1, -0.05) is 115 Å². The van der Waals surface area contributed by atoms with Crippen LogP contribution in [0.4, 0.5) is 0 Å². The van der Waals surface area contributed by atoms with Gasteiger partial charge in [0.2, 0.25) is 0 Å². The Morgan fingerprint density at radius 3 is 1.80 bits per heavy atom. The number of aromatic nitrogens is 5. The highest BCUT2D eigenvalue weighted by Crippen LogP contribution is 2.39. The average Bonchev–Trinajstić information content (AvgIpc) is 3.71. The van der Waals surface area contributed by atoms with E-state index in [0.717, 1.165) is 49.5 Å². The van der Waals surface area contributed by atoms with Gasteiger partial charge in [-0.2, -0.15) is 0 Å². The average molecular weight is 608 g/mol. The second kappa shape index (κ2) is 10.9. The zero-order chi connectivity index (χ0) is 30.5. The molecule has 0 radical (unpaired) electrons. The molecule has 0 bridgehead atoms. The van der Waals surface area contributed by atoms with E-state index in [0.29, 0.717) is 17.5 Å². The van der Waals surface area contributed by atoms with E-state index in [1.807, 2.05) is 72.8 Å². The highest BCUT2D eigenvalue weighted by atomic mass is 32.1. The van der Waals surface area contributed by atoms with Crippen molar-refractivity contribution in [2.45, 2.75) is 0 Å². The molecule has 46 heavy (non-hydrogen) atoms. The predicted molar refractivity (Wildman–Crippen MR) is 189 cm³/mol. The van der Waals surface area contributed by atoms with Crippen LogP contribution in [0.25, 0.3) is 82.4 Å². The minimum atomic E-state index is 0.622. The quantitative estimate of drug-likeness (QED) is 0.195. The fraction of sp³-hybridized carbons (Fsp3) is 0. The van der Waals surface area contributed by atoms with Crippen LogP contribution < -0.4 is 0 Å². The lowest BCUT2D eigenvalue weighted by Gasteiger charge is -2.14. The fourth-order valence-corrected chi connectivity index (χ4v) is 7.11. The van der Waals surface area contributed by atoms with Gasteiger partial charge in [0.1, 0.15) is 5.01 Å². The van der Waals surface area contributed by atoms with Gasteiger partial charge >= 0.3 is 0 Å². The summed E-state index contributed by atoms with van der Waals surface area (Å²) in [6.45, 7) is 0. The summed E-state index contributed by atoms with van der Waals surface area (Å²) in [5.41, 5.74) is 8.14. The lowest BCUT2D eigenvalue weighted by Crippen LogP contribution is -2.03. The summed E-state index contributed by atoms with van der Waals surface area (Å²) in [5.74, 6) is 1.90. The summed E-state index contributed by atoms with van der Waals surface area (Å²) < 4.78 is 3.52. The Labute approximate surface area is 269 Å². The Bertz CT molecular complexity index is 2440. The highest BCUT2D eigenvalue weighted by Gasteiger charge is 2.20. The number of rotatable bonds is 5. The lowest BCUT2D eigenvalue weighted by molar-refractivity contribution is 1.06. The summed E-state index contributed by atoms with van der Waals surface area (Å²) in [6, 6.07) is 52.1. The smallest absolute Gasteiger partial charge is 0.166 e. The molecule has 6 heteroatoms. The first kappa shape index (κ1) is 26.4. The molecule has 0 saturated heterocycles. The summed E-state index contributed by atoms with van der Waals surface area (Å²) in [6.07, 6.45) is 0. The van der Waals surface area contributed by atoms with Crippen LogP contribution in [0.2, 0.25) is 0 Å². The number of benzene rings is 6. The van der Waals surface area contributed by atoms with Crippen molar-refractivity contribution in [2.24, 2.45) is 0 Å². The summed E-state index contributed by atoms with van der Waals surface area (Å²) >= 11 is 1.72. The van der Waals surface area contributed by atoms with Gasteiger partial charge in [-0.25, -0.2) is 19.9 Å². The first-order chi connectivity index (χ1) is 22.8. The molecule has 5 nitrogen and oxygen atoms in total. The maximum atomic E-state index is 5.08. The molecule has 9 rings (SSSR count). The number of fused-ring (bicyclic) bond motifs is 4. The van der Waals surface area contributed by atoms with Crippen molar-refractivity contribution in [1.82, 2.24) is 24.5 Å². The number of thiazole rings is 1. The van der Waals surface area contributed by atoms with Gasteiger partial charge in [-0.3, -0.25) is 0 Å². The topological polar surface area (TPSA) is 56.5 Å². The molecule has 0 saturated carbocycles. The van der Waals surface area contributed by atoms with Crippen LogP contribution in [0.3, 0.4) is 0 Å². The van der Waals surface area contributed by atoms with E-state index in [2.05, 4.69) is 83.4 Å². The van der Waals surface area contributed by atoms with Crippen molar-refractivity contribution in [3.63, 3.8) is 0 Å². The lowest BCUT2D eigenvalue weighted by atomic mass is 10.1. The van der Waals surface area contributed by atoms with E-state index in [4.69, 9.17) is 19.9 Å². The second-order valence-corrected chi connectivity index (χ2v) is 12.2. The van der Waals surface area contributed by atoms with Crippen molar-refractivity contribution in [1.29, 1.82) is 0 Å². The Morgan fingerprint density at radius 2 is 1.04 bits per heavy atom. The van der Waals surface area contributed by atoms with Crippen molar-refractivity contribution < 1.29 is 0 Å². The Balaban J connectivity index is 1.29. The molecule has 6 aromatic carbocycles. The Kier molecular flexibility index (Phi) is 6.25. The monoisotopic (exact) mass is 607 g/mol. The molecule has 216 valence electrons. The molecule has 3 heterocycles. The SMILES string of the molecule is c1ccc(-c2nc(-c3ccccc3)nc(-c3ccccc3-n3c4ccccc4c4ccc(-c5nc6ccccc6s5)cc43)n2)cc1. The molecule has 0 aliphatic rings. The summed E-state index contributed by atoms with van der Waals surface area (Å²) in [7, 11) is 0. The fourth-order valence-electron chi connectivity index (χ4n) is 6.15. The minimum absolute atomic E-state index is 0.622. The normalized spacial score (nSPS) is 11.5. The number of para-hydroxylation sites is 3. The molecule has 9 aromatic rings. The van der Waals surface area contributed by atoms with Crippen LogP contribution in [0.1, 0.15) is 0 Å². The largest absolute Gasteiger partial charge is 0.308 e. The Hall–Kier alpha value is -5.98. The van der Waals surface area contributed by atoms with Gasteiger partial charge in [0.15, 0.2) is 17.5 Å². The third-order valence-corrected chi connectivity index (χ3v) is 9.39.